The van der Waals surface area contributed by atoms with Crippen molar-refractivity contribution in [3.05, 3.63) is 71.3 Å². The van der Waals surface area contributed by atoms with Crippen molar-refractivity contribution in [2.24, 2.45) is 0 Å². The van der Waals surface area contributed by atoms with E-state index >= 15 is 0 Å². The van der Waals surface area contributed by atoms with E-state index in [0.29, 0.717) is 24.0 Å². The quantitative estimate of drug-likeness (QED) is 0.799. The van der Waals surface area contributed by atoms with E-state index in [2.05, 4.69) is 5.32 Å². The van der Waals surface area contributed by atoms with Gasteiger partial charge in [-0.05, 0) is 19.0 Å². The van der Waals surface area contributed by atoms with Crippen LogP contribution in [-0.4, -0.2) is 24.7 Å². The molecule has 2 aromatic carbocycles. The van der Waals surface area contributed by atoms with Gasteiger partial charge in [0.1, 0.15) is 5.78 Å². The van der Waals surface area contributed by atoms with Crippen LogP contribution in [0, 0.1) is 0 Å². The SMILES string of the molecule is CCC(=O)C(Cc1ccc(C(=O)c2ccccc2)cc1)NC. The zero-order chi connectivity index (χ0) is 15.9. The van der Waals surface area contributed by atoms with Crippen LogP contribution in [0.25, 0.3) is 0 Å². The van der Waals surface area contributed by atoms with Crippen molar-refractivity contribution < 1.29 is 9.59 Å². The van der Waals surface area contributed by atoms with Gasteiger partial charge in [-0.25, -0.2) is 0 Å². The van der Waals surface area contributed by atoms with Crippen molar-refractivity contribution in [3.63, 3.8) is 0 Å². The van der Waals surface area contributed by atoms with Gasteiger partial charge in [0.05, 0.1) is 6.04 Å². The van der Waals surface area contributed by atoms with Gasteiger partial charge >= 0.3 is 0 Å². The van der Waals surface area contributed by atoms with Crippen molar-refractivity contribution >= 4 is 11.6 Å². The lowest BCUT2D eigenvalue weighted by atomic mass is 9.98. The van der Waals surface area contributed by atoms with Crippen LogP contribution in [0.2, 0.25) is 0 Å². The smallest absolute Gasteiger partial charge is 0.193 e. The second-order valence-corrected chi connectivity index (χ2v) is 5.26. The van der Waals surface area contributed by atoms with Crippen LogP contribution in [0.4, 0.5) is 0 Å². The highest BCUT2D eigenvalue weighted by Gasteiger charge is 2.15. The summed E-state index contributed by atoms with van der Waals surface area (Å²) in [6.07, 6.45) is 1.17. The molecule has 0 saturated heterocycles. The molecule has 22 heavy (non-hydrogen) atoms. The third kappa shape index (κ3) is 3.89. The Morgan fingerprint density at radius 1 is 0.955 bits per heavy atom. The first-order valence-electron chi connectivity index (χ1n) is 7.54. The number of likely N-dealkylation sites (N-methyl/N-ethyl adjacent to an activating group) is 1. The van der Waals surface area contributed by atoms with Crippen LogP contribution < -0.4 is 5.32 Å². The number of hydrogen-bond acceptors (Lipinski definition) is 3. The van der Waals surface area contributed by atoms with Gasteiger partial charge in [0, 0.05) is 17.5 Å². The molecular formula is C19H21NO2. The Balaban J connectivity index is 2.10. The Morgan fingerprint density at radius 2 is 1.55 bits per heavy atom. The molecule has 3 nitrogen and oxygen atoms in total. The normalized spacial score (nSPS) is 11.9. The topological polar surface area (TPSA) is 46.2 Å². The summed E-state index contributed by atoms with van der Waals surface area (Å²) >= 11 is 0. The van der Waals surface area contributed by atoms with E-state index in [1.807, 2.05) is 61.5 Å². The van der Waals surface area contributed by atoms with Crippen molar-refractivity contribution in [3.8, 4) is 0 Å². The van der Waals surface area contributed by atoms with Crippen molar-refractivity contribution in [2.75, 3.05) is 7.05 Å². The molecule has 0 amide bonds. The number of nitrogens with one attached hydrogen (secondary N) is 1. The largest absolute Gasteiger partial charge is 0.310 e. The molecule has 0 saturated carbocycles. The Bertz CT molecular complexity index is 632. The Kier molecular flexibility index (Phi) is 5.61. The molecular weight excluding hydrogens is 274 g/mol. The van der Waals surface area contributed by atoms with Gasteiger partial charge in [-0.15, -0.1) is 0 Å². The molecule has 0 heterocycles. The zero-order valence-corrected chi connectivity index (χ0v) is 13.0. The van der Waals surface area contributed by atoms with Crippen molar-refractivity contribution in [1.82, 2.24) is 5.32 Å². The van der Waals surface area contributed by atoms with Crippen LogP contribution in [0.3, 0.4) is 0 Å². The fourth-order valence-corrected chi connectivity index (χ4v) is 2.41. The summed E-state index contributed by atoms with van der Waals surface area (Å²) in [5, 5.41) is 3.05. The molecule has 0 aromatic heterocycles. The summed E-state index contributed by atoms with van der Waals surface area (Å²) in [4.78, 5) is 24.1. The minimum Gasteiger partial charge on any atom is -0.310 e. The lowest BCUT2D eigenvalue weighted by Gasteiger charge is -2.14. The molecule has 0 aliphatic carbocycles. The van der Waals surface area contributed by atoms with E-state index in [1.165, 1.54) is 0 Å². The Labute approximate surface area is 131 Å². The second kappa shape index (κ2) is 7.66. The summed E-state index contributed by atoms with van der Waals surface area (Å²) in [6, 6.07) is 16.6. The zero-order valence-electron chi connectivity index (χ0n) is 13.0. The van der Waals surface area contributed by atoms with E-state index in [1.54, 1.807) is 7.05 Å². The van der Waals surface area contributed by atoms with Gasteiger partial charge < -0.3 is 5.32 Å². The summed E-state index contributed by atoms with van der Waals surface area (Å²) in [5.41, 5.74) is 2.40. The fourth-order valence-electron chi connectivity index (χ4n) is 2.41. The van der Waals surface area contributed by atoms with E-state index in [-0.39, 0.29) is 17.6 Å². The molecule has 0 fully saturated rings. The molecule has 0 spiro atoms. The van der Waals surface area contributed by atoms with Crippen LogP contribution in [-0.2, 0) is 11.2 Å². The molecule has 1 unspecified atom stereocenters. The predicted octanol–water partition coefficient (Wildman–Crippen LogP) is 3.03. The molecule has 2 aromatic rings. The molecule has 3 heteroatoms. The average molecular weight is 295 g/mol. The fraction of sp³-hybridized carbons (Fsp3) is 0.263. The van der Waals surface area contributed by atoms with E-state index < -0.39 is 0 Å². The van der Waals surface area contributed by atoms with Gasteiger partial charge in [0.2, 0.25) is 0 Å². The summed E-state index contributed by atoms with van der Waals surface area (Å²) in [7, 11) is 1.80. The maximum absolute atomic E-state index is 12.3. The number of Topliss-reactive ketones (excluding diaryl/α,β-unsaturated/α-hetero) is 1. The highest BCUT2D eigenvalue weighted by atomic mass is 16.1. The van der Waals surface area contributed by atoms with Gasteiger partial charge in [-0.2, -0.15) is 0 Å². The molecule has 0 bridgehead atoms. The summed E-state index contributed by atoms with van der Waals surface area (Å²) in [6.45, 7) is 1.87. The molecule has 0 radical (unpaired) electrons. The minimum absolute atomic E-state index is 0.0157. The number of ketones is 2. The predicted molar refractivity (Wildman–Crippen MR) is 88.2 cm³/mol. The maximum Gasteiger partial charge on any atom is 0.193 e. The second-order valence-electron chi connectivity index (χ2n) is 5.26. The standard InChI is InChI=1S/C19H21NO2/c1-3-18(21)17(20-2)13-14-9-11-16(12-10-14)19(22)15-7-5-4-6-8-15/h4-12,17,20H,3,13H2,1-2H3. The highest BCUT2D eigenvalue weighted by molar-refractivity contribution is 6.08. The van der Waals surface area contributed by atoms with E-state index in [4.69, 9.17) is 0 Å². The Morgan fingerprint density at radius 3 is 2.09 bits per heavy atom. The lowest BCUT2D eigenvalue weighted by molar-refractivity contribution is -0.120. The number of carbonyl (C=O) groups is 2. The first kappa shape index (κ1) is 16.1. The van der Waals surface area contributed by atoms with Crippen molar-refractivity contribution in [2.45, 2.75) is 25.8 Å². The van der Waals surface area contributed by atoms with Gasteiger partial charge in [0.25, 0.3) is 0 Å². The van der Waals surface area contributed by atoms with E-state index in [9.17, 15) is 9.59 Å². The molecule has 2 rings (SSSR count). The van der Waals surface area contributed by atoms with Gasteiger partial charge in [-0.1, -0.05) is 61.5 Å². The first-order chi connectivity index (χ1) is 10.7. The number of carbonyl (C=O) groups excluding carboxylic acids is 2. The molecule has 0 aliphatic rings. The molecule has 0 aliphatic heterocycles. The summed E-state index contributed by atoms with van der Waals surface area (Å²) in [5.74, 6) is 0.217. The summed E-state index contributed by atoms with van der Waals surface area (Å²) < 4.78 is 0. The highest BCUT2D eigenvalue weighted by Crippen LogP contribution is 2.12. The van der Waals surface area contributed by atoms with Crippen LogP contribution >= 0.6 is 0 Å². The lowest BCUT2D eigenvalue weighted by Crippen LogP contribution is -2.35. The van der Waals surface area contributed by atoms with Gasteiger partial charge in [0.15, 0.2) is 5.78 Å². The van der Waals surface area contributed by atoms with Crippen LogP contribution in [0.1, 0.15) is 34.8 Å². The minimum atomic E-state index is -0.166. The maximum atomic E-state index is 12.3. The number of hydrogen-bond donors (Lipinski definition) is 1. The van der Waals surface area contributed by atoms with Crippen molar-refractivity contribution in [1.29, 1.82) is 0 Å². The van der Waals surface area contributed by atoms with Crippen LogP contribution in [0.15, 0.2) is 54.6 Å². The van der Waals surface area contributed by atoms with E-state index in [0.717, 1.165) is 5.56 Å². The third-order valence-electron chi connectivity index (χ3n) is 3.78. The third-order valence-corrected chi connectivity index (χ3v) is 3.78. The molecule has 114 valence electrons. The van der Waals surface area contributed by atoms with Gasteiger partial charge in [-0.3, -0.25) is 9.59 Å². The first-order valence-corrected chi connectivity index (χ1v) is 7.54. The van der Waals surface area contributed by atoms with Crippen LogP contribution in [0.5, 0.6) is 0 Å². The number of benzene rings is 2. The average Bonchev–Trinajstić information content (AvgIpc) is 2.59. The number of rotatable bonds is 7. The molecule has 1 atom stereocenters. The Hall–Kier alpha value is -2.26. The molecule has 1 N–H and O–H groups in total. The monoisotopic (exact) mass is 295 g/mol.